The average Bonchev–Trinajstić information content (AvgIpc) is 3.06. The molecule has 1 aromatic heterocycles. The quantitative estimate of drug-likeness (QED) is 0.723. The van der Waals surface area contributed by atoms with Crippen LogP contribution in [0.4, 0.5) is 11.5 Å². The number of nitrogens with zero attached hydrogens (tertiary/aromatic N) is 3. The maximum Gasteiger partial charge on any atom is 0.183 e. The van der Waals surface area contributed by atoms with Gasteiger partial charge in [0.1, 0.15) is 11.1 Å². The van der Waals surface area contributed by atoms with Gasteiger partial charge in [0.25, 0.3) is 0 Å². The summed E-state index contributed by atoms with van der Waals surface area (Å²) in [5, 5.41) is 6.00. The van der Waals surface area contributed by atoms with Gasteiger partial charge in [0.2, 0.25) is 0 Å². The molecule has 3 aromatic rings. The highest BCUT2D eigenvalue weighted by Gasteiger charge is 2.24. The molecule has 1 aliphatic rings. The Kier molecular flexibility index (Phi) is 3.94. The van der Waals surface area contributed by atoms with Gasteiger partial charge in [-0.25, -0.2) is 0 Å². The van der Waals surface area contributed by atoms with E-state index in [-0.39, 0.29) is 0 Å². The minimum absolute atomic E-state index is 0.748. The van der Waals surface area contributed by atoms with Gasteiger partial charge in [-0.15, -0.1) is 0 Å². The van der Waals surface area contributed by atoms with Crippen molar-refractivity contribution in [3.05, 3.63) is 47.5 Å². The molecule has 0 atom stereocenters. The number of piperazine rings is 1. The Bertz CT molecular complexity index is 856. The number of hydrogen-bond donors (Lipinski definition) is 0. The third-order valence-corrected chi connectivity index (χ3v) is 4.75. The smallest absolute Gasteiger partial charge is 0.183 e. The molecule has 0 radical (unpaired) electrons. The van der Waals surface area contributed by atoms with Gasteiger partial charge in [-0.2, -0.15) is 0 Å². The molecule has 0 amide bonds. The Balaban J connectivity index is 1.57. The molecule has 1 aliphatic heterocycles. The molecule has 4 rings (SSSR count). The number of anilines is 2. The molecule has 2 heterocycles. The van der Waals surface area contributed by atoms with Crippen LogP contribution in [0.25, 0.3) is 11.0 Å². The van der Waals surface area contributed by atoms with E-state index in [4.69, 9.17) is 20.9 Å². The lowest BCUT2D eigenvalue weighted by molar-refractivity contribution is 0.419. The van der Waals surface area contributed by atoms with E-state index >= 15 is 0 Å². The number of benzene rings is 2. The number of aromatic nitrogens is 1. The maximum atomic E-state index is 6.31. The van der Waals surface area contributed by atoms with Crippen LogP contribution in [0, 0.1) is 0 Å². The van der Waals surface area contributed by atoms with E-state index in [0.29, 0.717) is 0 Å². The summed E-state index contributed by atoms with van der Waals surface area (Å²) in [5.41, 5.74) is 1.83. The number of hydrogen-bond acceptors (Lipinski definition) is 5. The van der Waals surface area contributed by atoms with Crippen molar-refractivity contribution < 1.29 is 9.26 Å². The highest BCUT2D eigenvalue weighted by Crippen LogP contribution is 2.35. The zero-order valence-corrected chi connectivity index (χ0v) is 14.2. The minimum atomic E-state index is 0.748. The van der Waals surface area contributed by atoms with Crippen LogP contribution in [0.3, 0.4) is 0 Å². The minimum Gasteiger partial charge on any atom is -0.496 e. The highest BCUT2D eigenvalue weighted by molar-refractivity contribution is 6.33. The number of methoxy groups -OCH3 is 1. The van der Waals surface area contributed by atoms with E-state index in [1.54, 1.807) is 7.11 Å². The molecule has 24 heavy (non-hydrogen) atoms. The predicted octanol–water partition coefficient (Wildman–Crippen LogP) is 3.82. The SMILES string of the molecule is COc1cccc2onc(N3CCN(c4ccccc4Cl)CC3)c12. The Hall–Kier alpha value is -2.40. The number of para-hydroxylation sites is 1. The summed E-state index contributed by atoms with van der Waals surface area (Å²) in [6.07, 6.45) is 0. The Morgan fingerprint density at radius 2 is 1.75 bits per heavy atom. The van der Waals surface area contributed by atoms with E-state index in [2.05, 4.69) is 21.0 Å². The normalized spacial score (nSPS) is 15.1. The number of fused-ring (bicyclic) bond motifs is 1. The van der Waals surface area contributed by atoms with Gasteiger partial charge >= 0.3 is 0 Å². The first-order chi connectivity index (χ1) is 11.8. The van der Waals surface area contributed by atoms with Crippen LogP contribution in [0.15, 0.2) is 47.0 Å². The van der Waals surface area contributed by atoms with E-state index in [9.17, 15) is 0 Å². The molecule has 0 bridgehead atoms. The molecule has 0 spiro atoms. The van der Waals surface area contributed by atoms with Crippen LogP contribution in [-0.4, -0.2) is 38.4 Å². The Labute approximate surface area is 145 Å². The lowest BCUT2D eigenvalue weighted by atomic mass is 10.2. The summed E-state index contributed by atoms with van der Waals surface area (Å²) in [6.45, 7) is 3.47. The van der Waals surface area contributed by atoms with Crippen molar-refractivity contribution >= 4 is 34.1 Å². The van der Waals surface area contributed by atoms with Gasteiger partial charge < -0.3 is 19.1 Å². The first-order valence-corrected chi connectivity index (χ1v) is 8.32. The van der Waals surface area contributed by atoms with Crippen LogP contribution in [0.2, 0.25) is 5.02 Å². The van der Waals surface area contributed by atoms with Crippen molar-refractivity contribution in [1.82, 2.24) is 5.16 Å². The fourth-order valence-corrected chi connectivity index (χ4v) is 3.45. The van der Waals surface area contributed by atoms with Crippen LogP contribution in [0.5, 0.6) is 5.75 Å². The summed E-state index contributed by atoms with van der Waals surface area (Å²) >= 11 is 6.31. The number of halogens is 1. The standard InChI is InChI=1S/C18H18ClN3O2/c1-23-15-7-4-8-16-17(15)18(20-24-16)22-11-9-21(10-12-22)14-6-3-2-5-13(14)19/h2-8H,9-12H2,1H3. The molecule has 0 N–H and O–H groups in total. The van der Waals surface area contributed by atoms with Crippen molar-refractivity contribution in [3.63, 3.8) is 0 Å². The fraction of sp³-hybridized carbons (Fsp3) is 0.278. The fourth-order valence-electron chi connectivity index (χ4n) is 3.20. The molecule has 2 aromatic carbocycles. The lowest BCUT2D eigenvalue weighted by Gasteiger charge is -2.36. The highest BCUT2D eigenvalue weighted by atomic mass is 35.5. The average molecular weight is 344 g/mol. The second kappa shape index (κ2) is 6.24. The van der Waals surface area contributed by atoms with Gasteiger partial charge in [0, 0.05) is 26.2 Å². The molecule has 0 aliphatic carbocycles. The van der Waals surface area contributed by atoms with Crippen LogP contribution in [-0.2, 0) is 0 Å². The second-order valence-electron chi connectivity index (χ2n) is 5.77. The van der Waals surface area contributed by atoms with E-state index in [1.807, 2.05) is 36.4 Å². The maximum absolute atomic E-state index is 6.31. The predicted molar refractivity (Wildman–Crippen MR) is 96.4 cm³/mol. The van der Waals surface area contributed by atoms with Crippen molar-refractivity contribution in [1.29, 1.82) is 0 Å². The molecule has 124 valence electrons. The van der Waals surface area contributed by atoms with Crippen molar-refractivity contribution in [2.45, 2.75) is 0 Å². The van der Waals surface area contributed by atoms with Crippen molar-refractivity contribution in [2.24, 2.45) is 0 Å². The molecule has 1 fully saturated rings. The van der Waals surface area contributed by atoms with Crippen molar-refractivity contribution in [2.75, 3.05) is 43.1 Å². The van der Waals surface area contributed by atoms with E-state index < -0.39 is 0 Å². The topological polar surface area (TPSA) is 41.7 Å². The van der Waals surface area contributed by atoms with E-state index in [1.165, 1.54) is 0 Å². The molecule has 6 heteroatoms. The third-order valence-electron chi connectivity index (χ3n) is 4.43. The first-order valence-electron chi connectivity index (χ1n) is 7.95. The summed E-state index contributed by atoms with van der Waals surface area (Å²) in [6, 6.07) is 13.7. The Morgan fingerprint density at radius 3 is 2.50 bits per heavy atom. The van der Waals surface area contributed by atoms with Gasteiger partial charge in [-0.1, -0.05) is 35.0 Å². The number of ether oxygens (including phenoxy) is 1. The Morgan fingerprint density at radius 1 is 1.00 bits per heavy atom. The molecular formula is C18H18ClN3O2. The monoisotopic (exact) mass is 343 g/mol. The first kappa shape index (κ1) is 15.1. The lowest BCUT2D eigenvalue weighted by Crippen LogP contribution is -2.46. The summed E-state index contributed by atoms with van der Waals surface area (Å²) < 4.78 is 10.9. The van der Waals surface area contributed by atoms with Gasteiger partial charge in [0.15, 0.2) is 11.4 Å². The van der Waals surface area contributed by atoms with Gasteiger partial charge in [-0.3, -0.25) is 0 Å². The molecular weight excluding hydrogens is 326 g/mol. The van der Waals surface area contributed by atoms with Crippen LogP contribution in [0.1, 0.15) is 0 Å². The van der Waals surface area contributed by atoms with Gasteiger partial charge in [0.05, 0.1) is 17.8 Å². The molecule has 0 unspecified atom stereocenters. The molecule has 1 saturated heterocycles. The van der Waals surface area contributed by atoms with Crippen LogP contribution < -0.4 is 14.5 Å². The van der Waals surface area contributed by atoms with Gasteiger partial charge in [-0.05, 0) is 24.3 Å². The largest absolute Gasteiger partial charge is 0.496 e. The molecule has 0 saturated carbocycles. The summed E-state index contributed by atoms with van der Waals surface area (Å²) in [7, 11) is 1.67. The third kappa shape index (κ3) is 2.55. The van der Waals surface area contributed by atoms with Crippen molar-refractivity contribution in [3.8, 4) is 5.75 Å². The summed E-state index contributed by atoms with van der Waals surface area (Å²) in [5.74, 6) is 1.64. The zero-order valence-electron chi connectivity index (χ0n) is 13.4. The zero-order chi connectivity index (χ0) is 16.5. The molecule has 5 nitrogen and oxygen atoms in total. The summed E-state index contributed by atoms with van der Waals surface area (Å²) in [4.78, 5) is 4.54. The number of rotatable bonds is 3. The van der Waals surface area contributed by atoms with E-state index in [0.717, 1.165) is 59.4 Å². The van der Waals surface area contributed by atoms with Crippen LogP contribution >= 0.6 is 11.6 Å². The second-order valence-corrected chi connectivity index (χ2v) is 6.17.